The van der Waals surface area contributed by atoms with E-state index in [9.17, 15) is 9.59 Å². The van der Waals surface area contributed by atoms with Gasteiger partial charge in [0.2, 0.25) is 0 Å². The molecule has 1 rings (SSSR count). The Morgan fingerprint density at radius 1 is 1.35 bits per heavy atom. The lowest BCUT2D eigenvalue weighted by atomic mass is 10.1. The van der Waals surface area contributed by atoms with Crippen LogP contribution in [0.2, 0.25) is 5.02 Å². The molecule has 0 bridgehead atoms. The van der Waals surface area contributed by atoms with E-state index < -0.39 is 5.97 Å². The number of carbonyl (C=O) groups excluding carboxylic acids is 1. The summed E-state index contributed by atoms with van der Waals surface area (Å²) in [6, 6.07) is 7.21. The van der Waals surface area contributed by atoms with Gasteiger partial charge in [-0.3, -0.25) is 4.79 Å². The summed E-state index contributed by atoms with van der Waals surface area (Å²) in [7, 11) is 1.69. The Kier molecular flexibility index (Phi) is 6.31. The summed E-state index contributed by atoms with van der Waals surface area (Å²) in [5.41, 5.74) is 1.09. The minimum Gasteiger partial charge on any atom is -0.481 e. The first-order chi connectivity index (χ1) is 9.40. The van der Waals surface area contributed by atoms with Crippen molar-refractivity contribution in [2.45, 2.75) is 25.8 Å². The van der Waals surface area contributed by atoms with Crippen molar-refractivity contribution in [2.75, 3.05) is 13.6 Å². The second-order valence-corrected chi connectivity index (χ2v) is 5.10. The summed E-state index contributed by atoms with van der Waals surface area (Å²) >= 11 is 5.82. The van der Waals surface area contributed by atoms with Gasteiger partial charge in [0.25, 0.3) is 0 Å². The molecule has 0 aromatic heterocycles. The van der Waals surface area contributed by atoms with Gasteiger partial charge in [-0.2, -0.15) is 0 Å². The molecule has 2 amide bonds. The van der Waals surface area contributed by atoms with Crippen molar-refractivity contribution >= 4 is 23.6 Å². The lowest BCUT2D eigenvalue weighted by molar-refractivity contribution is -0.136. The second-order valence-electron chi connectivity index (χ2n) is 4.67. The van der Waals surface area contributed by atoms with Gasteiger partial charge in [-0.1, -0.05) is 23.7 Å². The minimum atomic E-state index is -0.929. The van der Waals surface area contributed by atoms with Crippen LogP contribution in [0, 0.1) is 0 Å². The standard InChI is InChI=1S/C14H19ClN2O3/c1-10(9-11-3-5-12(15)6-4-11)17(2)14(20)16-8-7-13(18)19/h3-6,10H,7-9H2,1-2H3,(H,16,20)(H,18,19). The van der Waals surface area contributed by atoms with Crippen LogP contribution >= 0.6 is 11.6 Å². The fourth-order valence-electron chi connectivity index (χ4n) is 1.70. The van der Waals surface area contributed by atoms with Crippen LogP contribution in [0.15, 0.2) is 24.3 Å². The zero-order chi connectivity index (χ0) is 15.1. The summed E-state index contributed by atoms with van der Waals surface area (Å²) < 4.78 is 0. The van der Waals surface area contributed by atoms with Crippen LogP contribution in [-0.4, -0.2) is 41.6 Å². The molecular formula is C14H19ClN2O3. The van der Waals surface area contributed by atoms with E-state index in [1.165, 1.54) is 0 Å². The number of nitrogens with zero attached hydrogens (tertiary/aromatic N) is 1. The highest BCUT2D eigenvalue weighted by Crippen LogP contribution is 2.12. The summed E-state index contributed by atoms with van der Waals surface area (Å²) in [5.74, 6) is -0.929. The molecule has 0 spiro atoms. The maximum absolute atomic E-state index is 11.8. The van der Waals surface area contributed by atoms with Crippen LogP contribution in [-0.2, 0) is 11.2 Å². The lowest BCUT2D eigenvalue weighted by Crippen LogP contribution is -2.43. The number of hydrogen-bond donors (Lipinski definition) is 2. The Hall–Kier alpha value is -1.75. The zero-order valence-corrected chi connectivity index (χ0v) is 12.4. The Balaban J connectivity index is 2.45. The number of nitrogens with one attached hydrogen (secondary N) is 1. The number of rotatable bonds is 6. The van der Waals surface area contributed by atoms with Crippen molar-refractivity contribution in [3.63, 3.8) is 0 Å². The summed E-state index contributed by atoms with van der Waals surface area (Å²) in [5, 5.41) is 11.8. The third-order valence-electron chi connectivity index (χ3n) is 3.04. The van der Waals surface area contributed by atoms with Gasteiger partial charge in [0, 0.05) is 24.7 Å². The van der Waals surface area contributed by atoms with Crippen LogP contribution in [0.5, 0.6) is 0 Å². The molecule has 1 aromatic rings. The molecule has 6 heteroatoms. The number of amides is 2. The van der Waals surface area contributed by atoms with E-state index in [1.54, 1.807) is 11.9 Å². The third kappa shape index (κ3) is 5.48. The first-order valence-corrected chi connectivity index (χ1v) is 6.75. The second kappa shape index (κ2) is 7.75. The van der Waals surface area contributed by atoms with Crippen molar-refractivity contribution in [2.24, 2.45) is 0 Å². The van der Waals surface area contributed by atoms with Crippen molar-refractivity contribution in [3.8, 4) is 0 Å². The van der Waals surface area contributed by atoms with E-state index in [4.69, 9.17) is 16.7 Å². The minimum absolute atomic E-state index is 0.000929. The molecule has 0 heterocycles. The van der Waals surface area contributed by atoms with Gasteiger partial charge in [0.05, 0.1) is 6.42 Å². The molecule has 1 aromatic carbocycles. The number of aliphatic carboxylic acids is 1. The maximum atomic E-state index is 11.8. The monoisotopic (exact) mass is 298 g/mol. The predicted octanol–water partition coefficient (Wildman–Crippen LogP) is 2.39. The zero-order valence-electron chi connectivity index (χ0n) is 11.6. The van der Waals surface area contributed by atoms with Gasteiger partial charge in [0.15, 0.2) is 0 Å². The maximum Gasteiger partial charge on any atom is 0.317 e. The topological polar surface area (TPSA) is 69.6 Å². The highest BCUT2D eigenvalue weighted by Gasteiger charge is 2.15. The number of urea groups is 1. The molecule has 0 aliphatic rings. The van der Waals surface area contributed by atoms with Gasteiger partial charge in [-0.25, -0.2) is 4.79 Å². The van der Waals surface area contributed by atoms with E-state index in [-0.39, 0.29) is 25.0 Å². The van der Waals surface area contributed by atoms with Crippen molar-refractivity contribution in [3.05, 3.63) is 34.9 Å². The van der Waals surface area contributed by atoms with Crippen molar-refractivity contribution in [1.82, 2.24) is 10.2 Å². The quantitative estimate of drug-likeness (QED) is 0.847. The number of carboxylic acids is 1. The molecule has 0 aliphatic heterocycles. The molecule has 110 valence electrons. The van der Waals surface area contributed by atoms with E-state index in [1.807, 2.05) is 31.2 Å². The highest BCUT2D eigenvalue weighted by molar-refractivity contribution is 6.30. The highest BCUT2D eigenvalue weighted by atomic mass is 35.5. The van der Waals surface area contributed by atoms with Crippen LogP contribution in [0.25, 0.3) is 0 Å². The van der Waals surface area contributed by atoms with E-state index in [2.05, 4.69) is 5.32 Å². The summed E-state index contributed by atoms with van der Waals surface area (Å²) in [6.45, 7) is 2.07. The van der Waals surface area contributed by atoms with Crippen molar-refractivity contribution < 1.29 is 14.7 Å². The third-order valence-corrected chi connectivity index (χ3v) is 3.29. The summed E-state index contributed by atoms with van der Waals surface area (Å²) in [6.07, 6.45) is 0.630. The molecule has 0 radical (unpaired) electrons. The number of halogens is 1. The SMILES string of the molecule is CC(Cc1ccc(Cl)cc1)N(C)C(=O)NCCC(=O)O. The van der Waals surface area contributed by atoms with E-state index in [0.717, 1.165) is 5.56 Å². The smallest absolute Gasteiger partial charge is 0.317 e. The first kappa shape index (κ1) is 16.3. The van der Waals surface area contributed by atoms with Crippen LogP contribution in [0.3, 0.4) is 0 Å². The van der Waals surface area contributed by atoms with Crippen LogP contribution < -0.4 is 5.32 Å². The molecule has 5 nitrogen and oxygen atoms in total. The van der Waals surface area contributed by atoms with Gasteiger partial charge < -0.3 is 15.3 Å². The average Bonchev–Trinajstić information content (AvgIpc) is 2.39. The normalized spacial score (nSPS) is 11.8. The Labute approximate surface area is 123 Å². The molecular weight excluding hydrogens is 280 g/mol. The van der Waals surface area contributed by atoms with Crippen LogP contribution in [0.1, 0.15) is 18.9 Å². The Morgan fingerprint density at radius 3 is 2.50 bits per heavy atom. The molecule has 0 saturated carbocycles. The molecule has 20 heavy (non-hydrogen) atoms. The fourth-order valence-corrected chi connectivity index (χ4v) is 1.83. The molecule has 0 saturated heterocycles. The number of likely N-dealkylation sites (N-methyl/N-ethyl adjacent to an activating group) is 1. The van der Waals surface area contributed by atoms with E-state index >= 15 is 0 Å². The predicted molar refractivity (Wildman–Crippen MR) is 78.0 cm³/mol. The van der Waals surface area contributed by atoms with Gasteiger partial charge >= 0.3 is 12.0 Å². The van der Waals surface area contributed by atoms with Crippen LogP contribution in [0.4, 0.5) is 4.79 Å². The summed E-state index contributed by atoms with van der Waals surface area (Å²) in [4.78, 5) is 23.8. The van der Waals surface area contributed by atoms with Gasteiger partial charge in [0.1, 0.15) is 0 Å². The fraction of sp³-hybridized carbons (Fsp3) is 0.429. The number of carboxylic acid groups (broad SMARTS) is 1. The molecule has 2 N–H and O–H groups in total. The van der Waals surface area contributed by atoms with Gasteiger partial charge in [-0.05, 0) is 31.0 Å². The largest absolute Gasteiger partial charge is 0.481 e. The number of carbonyl (C=O) groups is 2. The van der Waals surface area contributed by atoms with E-state index in [0.29, 0.717) is 11.4 Å². The molecule has 0 fully saturated rings. The van der Waals surface area contributed by atoms with Gasteiger partial charge in [-0.15, -0.1) is 0 Å². The first-order valence-electron chi connectivity index (χ1n) is 6.37. The molecule has 1 unspecified atom stereocenters. The average molecular weight is 299 g/mol. The molecule has 1 atom stereocenters. The Morgan fingerprint density at radius 2 is 1.95 bits per heavy atom. The number of benzene rings is 1. The van der Waals surface area contributed by atoms with Crippen molar-refractivity contribution in [1.29, 1.82) is 0 Å². The lowest BCUT2D eigenvalue weighted by Gasteiger charge is -2.25. The molecule has 0 aliphatic carbocycles. The number of hydrogen-bond acceptors (Lipinski definition) is 2. The Bertz CT molecular complexity index is 462.